The molecule has 0 radical (unpaired) electrons. The van der Waals surface area contributed by atoms with Gasteiger partial charge in [-0.2, -0.15) is 0 Å². The molecular formula is C34H37N3O5S. The van der Waals surface area contributed by atoms with E-state index < -0.39 is 28.5 Å². The first-order chi connectivity index (χ1) is 20.6. The van der Waals surface area contributed by atoms with E-state index in [1.165, 1.54) is 11.9 Å². The lowest BCUT2D eigenvalue weighted by Gasteiger charge is -2.33. The normalized spacial score (nSPS) is 11.8. The van der Waals surface area contributed by atoms with Crippen molar-refractivity contribution in [3.63, 3.8) is 0 Å². The van der Waals surface area contributed by atoms with E-state index in [0.717, 1.165) is 32.8 Å². The molecule has 1 atom stereocenters. The van der Waals surface area contributed by atoms with Crippen LogP contribution in [0.5, 0.6) is 5.75 Å². The number of hydrogen-bond donors (Lipinski definition) is 1. The number of benzene rings is 4. The van der Waals surface area contributed by atoms with Crippen LogP contribution in [0.15, 0.2) is 109 Å². The standard InChI is InChI=1S/C34H37N3O5S/c1-26-11-10-16-29(21-26)23-36(32(34(39)35-2)22-27-12-6-4-7-13-27)33(38)24-37(43(3,40)41)30-17-19-31(20-18-30)42-25-28-14-8-5-9-15-28/h4-21,32H,22-25H2,1-3H3,(H,35,39). The molecule has 0 aliphatic heterocycles. The van der Waals surface area contributed by atoms with Crippen LogP contribution in [0.25, 0.3) is 0 Å². The molecule has 0 aromatic heterocycles. The van der Waals surface area contributed by atoms with E-state index in [1.54, 1.807) is 24.3 Å². The van der Waals surface area contributed by atoms with Crippen LogP contribution in [-0.4, -0.2) is 51.0 Å². The Balaban J connectivity index is 1.61. The number of hydrogen-bond acceptors (Lipinski definition) is 5. The van der Waals surface area contributed by atoms with Crippen LogP contribution < -0.4 is 14.4 Å². The first-order valence-electron chi connectivity index (χ1n) is 14.0. The molecule has 1 unspecified atom stereocenters. The van der Waals surface area contributed by atoms with Crippen LogP contribution in [0.3, 0.4) is 0 Å². The zero-order valence-electron chi connectivity index (χ0n) is 24.6. The summed E-state index contributed by atoms with van der Waals surface area (Å²) in [7, 11) is -2.33. The highest BCUT2D eigenvalue weighted by Gasteiger charge is 2.32. The van der Waals surface area contributed by atoms with E-state index in [0.29, 0.717) is 18.0 Å². The van der Waals surface area contributed by atoms with Gasteiger partial charge in [0.25, 0.3) is 0 Å². The van der Waals surface area contributed by atoms with Gasteiger partial charge in [0.05, 0.1) is 11.9 Å². The summed E-state index contributed by atoms with van der Waals surface area (Å²) in [6.07, 6.45) is 1.33. The number of nitrogens with one attached hydrogen (secondary N) is 1. The zero-order valence-corrected chi connectivity index (χ0v) is 25.5. The molecule has 0 aliphatic carbocycles. The molecule has 0 saturated heterocycles. The van der Waals surface area contributed by atoms with Crippen LogP contribution in [0.1, 0.15) is 22.3 Å². The van der Waals surface area contributed by atoms with Gasteiger partial charge in [-0.05, 0) is 47.9 Å². The number of nitrogens with zero attached hydrogens (tertiary/aromatic N) is 2. The summed E-state index contributed by atoms with van der Waals surface area (Å²) in [5.74, 6) is -0.271. The summed E-state index contributed by atoms with van der Waals surface area (Å²) in [5, 5.41) is 2.68. The highest BCUT2D eigenvalue weighted by molar-refractivity contribution is 7.92. The monoisotopic (exact) mass is 599 g/mol. The highest BCUT2D eigenvalue weighted by Crippen LogP contribution is 2.24. The van der Waals surface area contributed by atoms with Crippen molar-refractivity contribution in [2.45, 2.75) is 32.5 Å². The molecule has 0 saturated carbocycles. The van der Waals surface area contributed by atoms with Gasteiger partial charge in [-0.25, -0.2) is 8.42 Å². The minimum atomic E-state index is -3.86. The average Bonchev–Trinajstić information content (AvgIpc) is 3.01. The van der Waals surface area contributed by atoms with Gasteiger partial charge in [0.1, 0.15) is 24.9 Å². The fraction of sp³-hybridized carbons (Fsp3) is 0.235. The van der Waals surface area contributed by atoms with Gasteiger partial charge in [0, 0.05) is 20.0 Å². The van der Waals surface area contributed by atoms with Crippen molar-refractivity contribution in [3.05, 3.63) is 131 Å². The Hall–Kier alpha value is -4.63. The summed E-state index contributed by atoms with van der Waals surface area (Å²) in [5.41, 5.74) is 4.05. The van der Waals surface area contributed by atoms with Crippen LogP contribution in [0.2, 0.25) is 0 Å². The Morgan fingerprint density at radius 2 is 1.42 bits per heavy atom. The van der Waals surface area contributed by atoms with Crippen molar-refractivity contribution in [3.8, 4) is 5.75 Å². The molecule has 0 spiro atoms. The molecular weight excluding hydrogens is 562 g/mol. The van der Waals surface area contributed by atoms with E-state index in [9.17, 15) is 18.0 Å². The number of ether oxygens (including phenoxy) is 1. The lowest BCUT2D eigenvalue weighted by Crippen LogP contribution is -2.52. The number of aryl methyl sites for hydroxylation is 1. The second kappa shape index (κ2) is 14.5. The minimum Gasteiger partial charge on any atom is -0.489 e. The molecule has 4 rings (SSSR count). The number of anilines is 1. The number of amides is 2. The molecule has 0 heterocycles. The van der Waals surface area contributed by atoms with Gasteiger partial charge >= 0.3 is 0 Å². The zero-order chi connectivity index (χ0) is 30.8. The maximum atomic E-state index is 14.1. The van der Waals surface area contributed by atoms with Crippen molar-refractivity contribution < 1.29 is 22.7 Å². The lowest BCUT2D eigenvalue weighted by molar-refractivity contribution is -0.139. The van der Waals surface area contributed by atoms with Crippen molar-refractivity contribution >= 4 is 27.5 Å². The highest BCUT2D eigenvalue weighted by atomic mass is 32.2. The quantitative estimate of drug-likeness (QED) is 0.240. The average molecular weight is 600 g/mol. The van der Waals surface area contributed by atoms with Gasteiger partial charge in [-0.1, -0.05) is 90.5 Å². The van der Waals surface area contributed by atoms with E-state index in [4.69, 9.17) is 4.74 Å². The maximum Gasteiger partial charge on any atom is 0.244 e. The van der Waals surface area contributed by atoms with Gasteiger partial charge in [0.15, 0.2) is 0 Å². The SMILES string of the molecule is CNC(=O)C(Cc1ccccc1)N(Cc1cccc(C)c1)C(=O)CN(c1ccc(OCc2ccccc2)cc1)S(C)(=O)=O. The predicted octanol–water partition coefficient (Wildman–Crippen LogP) is 4.73. The van der Waals surface area contributed by atoms with Crippen molar-refractivity contribution in [1.82, 2.24) is 10.2 Å². The van der Waals surface area contributed by atoms with E-state index in [1.807, 2.05) is 91.9 Å². The second-order valence-corrected chi connectivity index (χ2v) is 12.3. The first-order valence-corrected chi connectivity index (χ1v) is 15.8. The van der Waals surface area contributed by atoms with Crippen molar-refractivity contribution in [2.24, 2.45) is 0 Å². The van der Waals surface area contributed by atoms with Crippen molar-refractivity contribution in [2.75, 3.05) is 24.2 Å². The Morgan fingerprint density at radius 1 is 0.814 bits per heavy atom. The minimum absolute atomic E-state index is 0.134. The van der Waals surface area contributed by atoms with Crippen LogP contribution >= 0.6 is 0 Å². The molecule has 4 aromatic rings. The van der Waals surface area contributed by atoms with Gasteiger partial charge in [-0.15, -0.1) is 0 Å². The molecule has 8 nitrogen and oxygen atoms in total. The van der Waals surface area contributed by atoms with Gasteiger partial charge in [-0.3, -0.25) is 13.9 Å². The summed E-state index contributed by atoms with van der Waals surface area (Å²) in [6.45, 7) is 1.98. The molecule has 0 fully saturated rings. The summed E-state index contributed by atoms with van der Waals surface area (Å²) >= 11 is 0. The van der Waals surface area contributed by atoms with Crippen LogP contribution in [0.4, 0.5) is 5.69 Å². The molecule has 2 amide bonds. The number of rotatable bonds is 13. The molecule has 224 valence electrons. The molecule has 0 aliphatic rings. The Kier molecular flexibility index (Phi) is 10.6. The third-order valence-corrected chi connectivity index (χ3v) is 8.15. The van der Waals surface area contributed by atoms with Crippen LogP contribution in [0, 0.1) is 6.92 Å². The first kappa shape index (κ1) is 31.3. The third kappa shape index (κ3) is 8.93. The topological polar surface area (TPSA) is 96.0 Å². The second-order valence-electron chi connectivity index (χ2n) is 10.4. The number of carbonyl (C=O) groups is 2. The molecule has 9 heteroatoms. The van der Waals surface area contributed by atoms with E-state index in [2.05, 4.69) is 5.32 Å². The van der Waals surface area contributed by atoms with Gasteiger partial charge in [0.2, 0.25) is 21.8 Å². The van der Waals surface area contributed by atoms with E-state index >= 15 is 0 Å². The number of carbonyl (C=O) groups excluding carboxylic acids is 2. The third-order valence-electron chi connectivity index (χ3n) is 7.01. The lowest BCUT2D eigenvalue weighted by atomic mass is 10.0. The van der Waals surface area contributed by atoms with E-state index in [-0.39, 0.29) is 18.9 Å². The molecule has 43 heavy (non-hydrogen) atoms. The summed E-state index contributed by atoms with van der Waals surface area (Å²) in [4.78, 5) is 28.7. The number of sulfonamides is 1. The molecule has 1 N–H and O–H groups in total. The number of likely N-dealkylation sites (N-methyl/N-ethyl adjacent to an activating group) is 1. The molecule has 4 aromatic carbocycles. The summed E-state index contributed by atoms with van der Waals surface area (Å²) < 4.78 is 32.9. The summed E-state index contributed by atoms with van der Waals surface area (Å²) in [6, 6.07) is 32.5. The smallest absolute Gasteiger partial charge is 0.244 e. The van der Waals surface area contributed by atoms with Gasteiger partial charge < -0.3 is 15.0 Å². The fourth-order valence-corrected chi connectivity index (χ4v) is 5.64. The Morgan fingerprint density at radius 3 is 2.00 bits per heavy atom. The predicted molar refractivity (Wildman–Crippen MR) is 169 cm³/mol. The largest absolute Gasteiger partial charge is 0.489 e. The van der Waals surface area contributed by atoms with Crippen molar-refractivity contribution in [1.29, 1.82) is 0 Å². The fourth-order valence-electron chi connectivity index (χ4n) is 4.79. The molecule has 0 bridgehead atoms. The maximum absolute atomic E-state index is 14.1. The Labute approximate surface area is 254 Å². The Bertz CT molecular complexity index is 1610. The van der Waals surface area contributed by atoms with Crippen LogP contribution in [-0.2, 0) is 39.2 Å².